The van der Waals surface area contributed by atoms with Gasteiger partial charge in [-0.25, -0.2) is 0 Å². The molecule has 1 N–H and O–H groups in total. The normalized spacial score (nSPS) is 19.9. The molecule has 4 heteroatoms. The lowest BCUT2D eigenvalue weighted by molar-refractivity contribution is 0.438. The van der Waals surface area contributed by atoms with Gasteiger partial charge in [-0.3, -0.25) is 5.41 Å². The van der Waals surface area contributed by atoms with Crippen molar-refractivity contribution in [1.82, 2.24) is 0 Å². The molecule has 1 atom stereocenters. The van der Waals surface area contributed by atoms with Crippen LogP contribution < -0.4 is 0 Å². The summed E-state index contributed by atoms with van der Waals surface area (Å²) in [5, 5.41) is 9.23. The van der Waals surface area contributed by atoms with Crippen LogP contribution >= 0.6 is 23.2 Å². The fraction of sp³-hybridized carbons (Fsp3) is 0.211. The van der Waals surface area contributed by atoms with Crippen LogP contribution in [0, 0.1) is 5.41 Å². The first-order valence-electron chi connectivity index (χ1n) is 7.65. The minimum absolute atomic E-state index is 0.134. The van der Waals surface area contributed by atoms with E-state index in [1.54, 1.807) is 0 Å². The van der Waals surface area contributed by atoms with E-state index in [1.165, 1.54) is 11.1 Å². The number of rotatable bonds is 1. The number of ether oxygens (including phenoxy) is 1. The molecule has 2 aliphatic rings. The molecule has 4 rings (SSSR count). The van der Waals surface area contributed by atoms with Gasteiger partial charge in [-0.05, 0) is 41.7 Å². The minimum atomic E-state index is 0.134. The molecule has 0 saturated heterocycles. The third kappa shape index (κ3) is 2.56. The summed E-state index contributed by atoms with van der Waals surface area (Å²) in [6.07, 6.45) is 2.52. The third-order valence-electron chi connectivity index (χ3n) is 4.60. The molecular formula is C19H15Cl2NO. The Hall–Kier alpha value is -1.77. The van der Waals surface area contributed by atoms with Crippen LogP contribution in [-0.4, -0.2) is 5.90 Å². The Morgan fingerprint density at radius 3 is 2.65 bits per heavy atom. The van der Waals surface area contributed by atoms with Crippen molar-refractivity contribution in [2.75, 3.05) is 0 Å². The number of halogens is 2. The highest BCUT2D eigenvalue weighted by Gasteiger charge is 2.33. The Labute approximate surface area is 145 Å². The van der Waals surface area contributed by atoms with Crippen molar-refractivity contribution in [3.63, 3.8) is 0 Å². The molecule has 23 heavy (non-hydrogen) atoms. The van der Waals surface area contributed by atoms with Gasteiger partial charge in [0.2, 0.25) is 0 Å². The van der Waals surface area contributed by atoms with Crippen molar-refractivity contribution in [3.05, 3.63) is 74.8 Å². The lowest BCUT2D eigenvalue weighted by Crippen LogP contribution is -2.23. The van der Waals surface area contributed by atoms with Gasteiger partial charge in [0.25, 0.3) is 0 Å². The number of aryl methyl sites for hydroxylation is 1. The summed E-state index contributed by atoms with van der Waals surface area (Å²) in [5.74, 6) is 1.30. The summed E-state index contributed by atoms with van der Waals surface area (Å²) in [7, 11) is 0. The first-order chi connectivity index (χ1) is 11.1. The van der Waals surface area contributed by atoms with E-state index in [0.29, 0.717) is 22.4 Å². The molecule has 0 aromatic heterocycles. The summed E-state index contributed by atoms with van der Waals surface area (Å²) in [6, 6.07) is 14.0. The zero-order chi connectivity index (χ0) is 16.0. The highest BCUT2D eigenvalue weighted by Crippen LogP contribution is 2.45. The molecule has 116 valence electrons. The van der Waals surface area contributed by atoms with Crippen molar-refractivity contribution in [2.24, 2.45) is 0 Å². The number of hydrogen-bond donors (Lipinski definition) is 1. The highest BCUT2D eigenvalue weighted by atomic mass is 35.5. The molecule has 1 aliphatic carbocycles. The fourth-order valence-corrected chi connectivity index (χ4v) is 3.80. The maximum Gasteiger partial charge on any atom is 0.188 e. The van der Waals surface area contributed by atoms with Crippen LogP contribution in [0.1, 0.15) is 35.4 Å². The van der Waals surface area contributed by atoms with Gasteiger partial charge >= 0.3 is 0 Å². The van der Waals surface area contributed by atoms with Crippen LogP contribution in [0.2, 0.25) is 10.0 Å². The van der Waals surface area contributed by atoms with Gasteiger partial charge in [0.1, 0.15) is 5.76 Å². The topological polar surface area (TPSA) is 33.1 Å². The van der Waals surface area contributed by atoms with Gasteiger partial charge in [0.15, 0.2) is 5.90 Å². The van der Waals surface area contributed by atoms with Crippen LogP contribution in [0.15, 0.2) is 48.0 Å². The monoisotopic (exact) mass is 343 g/mol. The standard InChI is InChI=1S/C19H15Cl2NO/c20-16-8-6-12(9-17(16)21)15-10-18(22)23-19-13-4-2-1-3-11(13)5-7-14(15)19/h1-4,6,8-9,15,22H,5,7,10H2. The number of fused-ring (bicyclic) bond motifs is 2. The molecule has 2 nitrogen and oxygen atoms in total. The van der Waals surface area contributed by atoms with E-state index in [-0.39, 0.29) is 5.92 Å². The van der Waals surface area contributed by atoms with Crippen molar-refractivity contribution in [3.8, 4) is 0 Å². The number of nitrogens with one attached hydrogen (secondary N) is 1. The second-order valence-electron chi connectivity index (χ2n) is 5.97. The summed E-state index contributed by atoms with van der Waals surface area (Å²) >= 11 is 12.2. The predicted octanol–water partition coefficient (Wildman–Crippen LogP) is 5.83. The smallest absolute Gasteiger partial charge is 0.188 e. The van der Waals surface area contributed by atoms with Gasteiger partial charge in [-0.15, -0.1) is 0 Å². The first-order valence-corrected chi connectivity index (χ1v) is 8.40. The minimum Gasteiger partial charge on any atom is -0.443 e. The van der Waals surface area contributed by atoms with Crippen molar-refractivity contribution in [1.29, 1.82) is 5.41 Å². The largest absolute Gasteiger partial charge is 0.443 e. The Bertz CT molecular complexity index is 841. The van der Waals surface area contributed by atoms with Crippen LogP contribution in [0.5, 0.6) is 0 Å². The van der Waals surface area contributed by atoms with Crippen LogP contribution in [0.25, 0.3) is 5.76 Å². The average molecular weight is 344 g/mol. The third-order valence-corrected chi connectivity index (χ3v) is 5.34. The molecule has 1 unspecified atom stereocenters. The number of allylic oxidation sites excluding steroid dienone is 1. The van der Waals surface area contributed by atoms with Crippen molar-refractivity contribution in [2.45, 2.75) is 25.2 Å². The second kappa shape index (κ2) is 5.70. The molecule has 2 aromatic carbocycles. The van der Waals surface area contributed by atoms with E-state index in [2.05, 4.69) is 18.2 Å². The molecule has 0 amide bonds. The summed E-state index contributed by atoms with van der Waals surface area (Å²) in [6.45, 7) is 0. The highest BCUT2D eigenvalue weighted by molar-refractivity contribution is 6.42. The van der Waals surface area contributed by atoms with Gasteiger partial charge in [0.05, 0.1) is 10.0 Å². The Balaban J connectivity index is 1.85. The Morgan fingerprint density at radius 1 is 1.00 bits per heavy atom. The quantitative estimate of drug-likeness (QED) is 0.693. The number of benzene rings is 2. The molecule has 0 radical (unpaired) electrons. The Morgan fingerprint density at radius 2 is 1.83 bits per heavy atom. The summed E-state index contributed by atoms with van der Waals surface area (Å²) in [5.41, 5.74) is 4.76. The zero-order valence-corrected chi connectivity index (χ0v) is 13.9. The van der Waals surface area contributed by atoms with Crippen LogP contribution in [0.3, 0.4) is 0 Å². The summed E-state index contributed by atoms with van der Waals surface area (Å²) < 4.78 is 5.83. The van der Waals surface area contributed by atoms with E-state index in [1.807, 2.05) is 24.3 Å². The molecule has 1 heterocycles. The average Bonchev–Trinajstić information content (AvgIpc) is 2.56. The van der Waals surface area contributed by atoms with Gasteiger partial charge in [-0.2, -0.15) is 0 Å². The zero-order valence-electron chi connectivity index (χ0n) is 12.4. The molecule has 0 fully saturated rings. The summed E-state index contributed by atoms with van der Waals surface area (Å²) in [4.78, 5) is 0. The van der Waals surface area contributed by atoms with Crippen LogP contribution in [-0.2, 0) is 11.2 Å². The fourth-order valence-electron chi connectivity index (χ4n) is 3.49. The molecular weight excluding hydrogens is 329 g/mol. The van der Waals surface area contributed by atoms with E-state index >= 15 is 0 Å². The maximum absolute atomic E-state index is 8.11. The van der Waals surface area contributed by atoms with E-state index in [9.17, 15) is 0 Å². The molecule has 0 saturated carbocycles. The molecule has 0 spiro atoms. The number of hydrogen-bond acceptors (Lipinski definition) is 2. The second-order valence-corrected chi connectivity index (χ2v) is 6.78. The van der Waals surface area contributed by atoms with Crippen molar-refractivity contribution < 1.29 is 4.74 Å². The van der Waals surface area contributed by atoms with Crippen molar-refractivity contribution >= 4 is 34.9 Å². The molecule has 2 aromatic rings. The lowest BCUT2D eigenvalue weighted by atomic mass is 9.78. The maximum atomic E-state index is 8.11. The van der Waals surface area contributed by atoms with E-state index in [4.69, 9.17) is 33.3 Å². The van der Waals surface area contributed by atoms with Crippen LogP contribution in [0.4, 0.5) is 0 Å². The molecule has 0 bridgehead atoms. The van der Waals surface area contributed by atoms with Gasteiger partial charge in [-0.1, -0.05) is 53.5 Å². The lowest BCUT2D eigenvalue weighted by Gasteiger charge is -2.33. The van der Waals surface area contributed by atoms with Gasteiger partial charge in [0, 0.05) is 17.9 Å². The van der Waals surface area contributed by atoms with E-state index in [0.717, 1.165) is 29.7 Å². The van der Waals surface area contributed by atoms with Gasteiger partial charge < -0.3 is 4.74 Å². The molecule has 1 aliphatic heterocycles. The first kappa shape index (κ1) is 14.8. The SMILES string of the molecule is N=C1CC(c2ccc(Cl)c(Cl)c2)C2=C(O1)c1ccccc1CC2. The Kier molecular flexibility index (Phi) is 3.67. The predicted molar refractivity (Wildman–Crippen MR) is 94.3 cm³/mol. The van der Waals surface area contributed by atoms with E-state index < -0.39 is 0 Å².